The van der Waals surface area contributed by atoms with Gasteiger partial charge in [-0.05, 0) is 25.3 Å². The van der Waals surface area contributed by atoms with Crippen LogP contribution in [0.5, 0.6) is 0 Å². The minimum atomic E-state index is 0.340. The standard InChI is InChI=1S/C13H18N4/c1-17-12-8-15-6-5-11(12)16-13(17)9-3-2-4-10(14)7-9/h5-6,8-10H,2-4,7,14H2,1H3. The van der Waals surface area contributed by atoms with Gasteiger partial charge in [0.15, 0.2) is 0 Å². The van der Waals surface area contributed by atoms with Gasteiger partial charge in [0.25, 0.3) is 0 Å². The predicted octanol–water partition coefficient (Wildman–Crippen LogP) is 1.95. The first-order valence-electron chi connectivity index (χ1n) is 6.27. The molecule has 2 aromatic rings. The molecular formula is C13H18N4. The minimum absolute atomic E-state index is 0.340. The van der Waals surface area contributed by atoms with Crippen LogP contribution in [0.4, 0.5) is 0 Å². The summed E-state index contributed by atoms with van der Waals surface area (Å²) in [5.74, 6) is 1.68. The van der Waals surface area contributed by atoms with Crippen LogP contribution < -0.4 is 5.73 Å². The smallest absolute Gasteiger partial charge is 0.112 e. The average Bonchev–Trinajstić information content (AvgIpc) is 2.68. The number of aromatic nitrogens is 3. The number of imidazole rings is 1. The molecule has 2 aromatic heterocycles. The van der Waals surface area contributed by atoms with Gasteiger partial charge in [0.05, 0.1) is 17.2 Å². The highest BCUT2D eigenvalue weighted by Gasteiger charge is 2.24. The van der Waals surface area contributed by atoms with E-state index in [1.54, 1.807) is 6.20 Å². The Morgan fingerprint density at radius 3 is 3.06 bits per heavy atom. The Bertz CT molecular complexity index is 531. The molecule has 0 aromatic carbocycles. The largest absolute Gasteiger partial charge is 0.330 e. The molecule has 2 atom stereocenters. The van der Waals surface area contributed by atoms with Crippen LogP contribution in [0.3, 0.4) is 0 Å². The van der Waals surface area contributed by atoms with E-state index in [2.05, 4.69) is 16.6 Å². The molecule has 4 nitrogen and oxygen atoms in total. The maximum atomic E-state index is 6.06. The number of fused-ring (bicyclic) bond motifs is 1. The van der Waals surface area contributed by atoms with Crippen molar-refractivity contribution < 1.29 is 0 Å². The fourth-order valence-electron chi connectivity index (χ4n) is 2.88. The van der Waals surface area contributed by atoms with E-state index in [0.29, 0.717) is 12.0 Å². The zero-order chi connectivity index (χ0) is 11.8. The zero-order valence-electron chi connectivity index (χ0n) is 10.1. The number of nitrogens with zero attached hydrogens (tertiary/aromatic N) is 3. The first kappa shape index (κ1) is 10.7. The molecule has 1 saturated carbocycles. The second-order valence-corrected chi connectivity index (χ2v) is 5.02. The van der Waals surface area contributed by atoms with Crippen molar-refractivity contribution in [1.29, 1.82) is 0 Å². The lowest BCUT2D eigenvalue weighted by Gasteiger charge is -2.26. The number of pyridine rings is 1. The van der Waals surface area contributed by atoms with Gasteiger partial charge in [0.2, 0.25) is 0 Å². The third-order valence-corrected chi connectivity index (χ3v) is 3.80. The van der Waals surface area contributed by atoms with E-state index in [-0.39, 0.29) is 0 Å². The van der Waals surface area contributed by atoms with E-state index in [9.17, 15) is 0 Å². The van der Waals surface area contributed by atoms with Crippen LogP contribution in [-0.4, -0.2) is 20.6 Å². The summed E-state index contributed by atoms with van der Waals surface area (Å²) >= 11 is 0. The number of hydrogen-bond acceptors (Lipinski definition) is 3. The highest BCUT2D eigenvalue weighted by Crippen LogP contribution is 2.32. The molecule has 3 rings (SSSR count). The van der Waals surface area contributed by atoms with E-state index in [1.165, 1.54) is 18.7 Å². The minimum Gasteiger partial charge on any atom is -0.330 e. The normalized spacial score (nSPS) is 25.3. The summed E-state index contributed by atoms with van der Waals surface area (Å²) < 4.78 is 2.17. The summed E-state index contributed by atoms with van der Waals surface area (Å²) in [6.45, 7) is 0. The third-order valence-electron chi connectivity index (χ3n) is 3.80. The molecule has 4 heteroatoms. The molecule has 2 N–H and O–H groups in total. The van der Waals surface area contributed by atoms with Gasteiger partial charge in [0.1, 0.15) is 5.82 Å². The molecule has 0 spiro atoms. The van der Waals surface area contributed by atoms with E-state index < -0.39 is 0 Å². The Balaban J connectivity index is 2.02. The van der Waals surface area contributed by atoms with Crippen LogP contribution in [0, 0.1) is 0 Å². The second kappa shape index (κ2) is 4.11. The van der Waals surface area contributed by atoms with Gasteiger partial charge in [-0.1, -0.05) is 6.42 Å². The summed E-state index contributed by atoms with van der Waals surface area (Å²) in [5, 5.41) is 0. The van der Waals surface area contributed by atoms with Crippen molar-refractivity contribution in [2.24, 2.45) is 12.8 Å². The van der Waals surface area contributed by atoms with Crippen LogP contribution in [-0.2, 0) is 7.05 Å². The molecule has 0 amide bonds. The molecule has 0 bridgehead atoms. The van der Waals surface area contributed by atoms with E-state index in [0.717, 1.165) is 23.9 Å². The van der Waals surface area contributed by atoms with Gasteiger partial charge in [0, 0.05) is 25.2 Å². The number of aryl methyl sites for hydroxylation is 1. The molecular weight excluding hydrogens is 212 g/mol. The molecule has 17 heavy (non-hydrogen) atoms. The fourth-order valence-corrected chi connectivity index (χ4v) is 2.88. The summed E-state index contributed by atoms with van der Waals surface area (Å²) in [6, 6.07) is 2.31. The summed E-state index contributed by atoms with van der Waals surface area (Å²) in [5.41, 5.74) is 8.21. The Morgan fingerprint density at radius 1 is 1.41 bits per heavy atom. The van der Waals surface area contributed by atoms with Crippen molar-refractivity contribution in [3.05, 3.63) is 24.3 Å². The topological polar surface area (TPSA) is 56.7 Å². The Labute approximate surface area is 101 Å². The summed E-state index contributed by atoms with van der Waals surface area (Å²) in [4.78, 5) is 8.90. The fraction of sp³-hybridized carbons (Fsp3) is 0.538. The Kier molecular flexibility index (Phi) is 2.59. The molecule has 1 fully saturated rings. The summed E-state index contributed by atoms with van der Waals surface area (Å²) in [6.07, 6.45) is 8.32. The van der Waals surface area contributed by atoms with Crippen molar-refractivity contribution >= 4 is 11.0 Å². The van der Waals surface area contributed by atoms with Gasteiger partial charge in [-0.3, -0.25) is 4.98 Å². The highest BCUT2D eigenvalue weighted by molar-refractivity contribution is 5.74. The van der Waals surface area contributed by atoms with E-state index in [1.807, 2.05) is 12.3 Å². The van der Waals surface area contributed by atoms with Crippen molar-refractivity contribution in [3.63, 3.8) is 0 Å². The van der Waals surface area contributed by atoms with E-state index in [4.69, 9.17) is 10.7 Å². The lowest BCUT2D eigenvalue weighted by atomic mass is 9.85. The van der Waals surface area contributed by atoms with Gasteiger partial charge >= 0.3 is 0 Å². The van der Waals surface area contributed by atoms with Gasteiger partial charge in [-0.15, -0.1) is 0 Å². The van der Waals surface area contributed by atoms with Crippen molar-refractivity contribution in [2.75, 3.05) is 0 Å². The second-order valence-electron chi connectivity index (χ2n) is 5.02. The van der Waals surface area contributed by atoms with Crippen LogP contribution in [0.1, 0.15) is 37.4 Å². The summed E-state index contributed by atoms with van der Waals surface area (Å²) in [7, 11) is 2.08. The van der Waals surface area contributed by atoms with Gasteiger partial charge < -0.3 is 10.3 Å². The molecule has 0 radical (unpaired) electrons. The van der Waals surface area contributed by atoms with Crippen LogP contribution >= 0.6 is 0 Å². The van der Waals surface area contributed by atoms with Crippen LogP contribution in [0.15, 0.2) is 18.5 Å². The molecule has 2 unspecified atom stereocenters. The lowest BCUT2D eigenvalue weighted by molar-refractivity contribution is 0.378. The molecule has 1 aliphatic rings. The molecule has 90 valence electrons. The zero-order valence-corrected chi connectivity index (χ0v) is 10.1. The number of rotatable bonds is 1. The predicted molar refractivity (Wildman–Crippen MR) is 67.7 cm³/mol. The first-order valence-corrected chi connectivity index (χ1v) is 6.27. The molecule has 2 heterocycles. The van der Waals surface area contributed by atoms with Crippen molar-refractivity contribution in [3.8, 4) is 0 Å². The number of nitrogens with two attached hydrogens (primary N) is 1. The van der Waals surface area contributed by atoms with Gasteiger partial charge in [-0.25, -0.2) is 4.98 Å². The highest BCUT2D eigenvalue weighted by atomic mass is 15.1. The average molecular weight is 230 g/mol. The quantitative estimate of drug-likeness (QED) is 0.814. The monoisotopic (exact) mass is 230 g/mol. The number of hydrogen-bond donors (Lipinski definition) is 1. The Morgan fingerprint density at radius 2 is 2.29 bits per heavy atom. The maximum Gasteiger partial charge on any atom is 0.112 e. The van der Waals surface area contributed by atoms with Crippen LogP contribution in [0.25, 0.3) is 11.0 Å². The molecule has 1 aliphatic carbocycles. The van der Waals surface area contributed by atoms with Crippen LogP contribution in [0.2, 0.25) is 0 Å². The lowest BCUT2D eigenvalue weighted by Crippen LogP contribution is -2.27. The SMILES string of the molecule is Cn1c(C2CCCC(N)C2)nc2ccncc21. The third kappa shape index (κ3) is 1.82. The Hall–Kier alpha value is -1.42. The maximum absolute atomic E-state index is 6.06. The van der Waals surface area contributed by atoms with Crippen molar-refractivity contribution in [1.82, 2.24) is 14.5 Å². The van der Waals surface area contributed by atoms with Gasteiger partial charge in [-0.2, -0.15) is 0 Å². The van der Waals surface area contributed by atoms with Crippen molar-refractivity contribution in [2.45, 2.75) is 37.6 Å². The molecule has 0 aliphatic heterocycles. The van der Waals surface area contributed by atoms with E-state index >= 15 is 0 Å². The molecule has 0 saturated heterocycles. The first-order chi connectivity index (χ1) is 8.25.